The maximum absolute atomic E-state index is 12.7. The van der Waals surface area contributed by atoms with Crippen molar-refractivity contribution in [2.75, 3.05) is 0 Å². The predicted molar refractivity (Wildman–Crippen MR) is 85.7 cm³/mol. The largest absolute Gasteiger partial charge is 0.600 e. The van der Waals surface area contributed by atoms with Gasteiger partial charge >= 0.3 is 7.82 Å². The molecule has 0 aliphatic carbocycles. The molecule has 0 aliphatic heterocycles. The van der Waals surface area contributed by atoms with E-state index in [0.29, 0.717) is 22.8 Å². The summed E-state index contributed by atoms with van der Waals surface area (Å²) in [5, 5.41) is 0. The number of halogens is 1. The number of hydrogen-bond donors (Lipinski definition) is 0. The summed E-state index contributed by atoms with van der Waals surface area (Å²) in [5.74, 6) is 0.834. The zero-order valence-corrected chi connectivity index (χ0v) is 14.0. The molecular weight excluding hydrogens is 331 g/mol. The second kappa shape index (κ2) is 7.23. The van der Waals surface area contributed by atoms with Gasteiger partial charge in [-0.2, -0.15) is 3.97 Å². The predicted octanol–water partition coefficient (Wildman–Crippen LogP) is 5.69. The van der Waals surface area contributed by atoms with Gasteiger partial charge in [-0.15, -0.1) is 0 Å². The molecule has 0 saturated carbocycles. The lowest BCUT2D eigenvalue weighted by atomic mass is 10.2. The van der Waals surface area contributed by atoms with Crippen LogP contribution in [0.15, 0.2) is 48.5 Å². The summed E-state index contributed by atoms with van der Waals surface area (Å²) in [4.78, 5) is 0. The second-order valence-electron chi connectivity index (χ2n) is 4.30. The summed E-state index contributed by atoms with van der Waals surface area (Å²) in [7, 11) is 1.57. The van der Waals surface area contributed by atoms with E-state index >= 15 is 0 Å². The first-order valence-electron chi connectivity index (χ1n) is 6.11. The zero-order chi connectivity index (χ0) is 15.3. The Balaban J connectivity index is 2.27. The summed E-state index contributed by atoms with van der Waals surface area (Å²) >= 11 is 0.418. The lowest BCUT2D eigenvalue weighted by molar-refractivity contribution is 0.313. The average molecular weight is 345 g/mol. The van der Waals surface area contributed by atoms with Crippen molar-refractivity contribution in [3.8, 4) is 11.5 Å². The molecule has 0 spiro atoms. The van der Waals surface area contributed by atoms with Crippen LogP contribution in [0.2, 0.25) is 0 Å². The van der Waals surface area contributed by atoms with Crippen LogP contribution in [0.1, 0.15) is 11.1 Å². The van der Waals surface area contributed by atoms with Crippen molar-refractivity contribution in [3.63, 3.8) is 0 Å². The quantitative estimate of drug-likeness (QED) is 0.497. The Labute approximate surface area is 132 Å². The Hall–Kier alpha value is -1.13. The number of phosphoric acid groups is 1. The van der Waals surface area contributed by atoms with Gasteiger partial charge in [-0.05, 0) is 47.8 Å². The Bertz CT molecular complexity index is 613. The Morgan fingerprint density at radius 1 is 0.905 bits per heavy atom. The van der Waals surface area contributed by atoms with E-state index in [9.17, 15) is 4.57 Å². The third-order valence-electron chi connectivity index (χ3n) is 2.73. The molecule has 2 aromatic carbocycles. The fourth-order valence-electron chi connectivity index (χ4n) is 1.64. The Morgan fingerprint density at radius 3 is 1.71 bits per heavy atom. The van der Waals surface area contributed by atoms with Crippen LogP contribution in [0.5, 0.6) is 11.5 Å². The minimum Gasteiger partial charge on any atom is -0.394 e. The molecular formula is C14H14ClO4PS. The van der Waals surface area contributed by atoms with Crippen molar-refractivity contribution in [1.82, 2.24) is 0 Å². The van der Waals surface area contributed by atoms with Crippen LogP contribution in [0.3, 0.4) is 0 Å². The van der Waals surface area contributed by atoms with Crippen molar-refractivity contribution >= 4 is 29.8 Å². The molecule has 112 valence electrons. The first-order valence-corrected chi connectivity index (χ1v) is 9.14. The highest BCUT2D eigenvalue weighted by Crippen LogP contribution is 2.54. The van der Waals surface area contributed by atoms with Crippen molar-refractivity contribution in [2.24, 2.45) is 0 Å². The van der Waals surface area contributed by atoms with Gasteiger partial charge < -0.3 is 9.05 Å². The van der Waals surface area contributed by atoms with Gasteiger partial charge in [-0.25, -0.2) is 4.57 Å². The van der Waals surface area contributed by atoms with Crippen LogP contribution >= 0.6 is 29.8 Å². The molecule has 0 aromatic heterocycles. The summed E-state index contributed by atoms with van der Waals surface area (Å²) < 4.78 is 28.5. The molecule has 0 aliphatic rings. The minimum atomic E-state index is -3.89. The SMILES string of the molecule is Cc1ccccc1OP(=O)(OSCl)Oc1ccccc1C. The molecule has 4 nitrogen and oxygen atoms in total. The normalized spacial score (nSPS) is 11.2. The molecule has 0 heterocycles. The van der Waals surface area contributed by atoms with Gasteiger partial charge in [0.15, 0.2) is 0 Å². The van der Waals surface area contributed by atoms with Gasteiger partial charge in [-0.1, -0.05) is 36.4 Å². The van der Waals surface area contributed by atoms with Crippen LogP contribution in [0, 0.1) is 13.8 Å². The third kappa shape index (κ3) is 4.42. The first kappa shape index (κ1) is 16.2. The first-order chi connectivity index (χ1) is 10.0. The molecule has 2 rings (SSSR count). The zero-order valence-electron chi connectivity index (χ0n) is 11.5. The maximum Gasteiger partial charge on any atom is 0.600 e. The average Bonchev–Trinajstić information content (AvgIpc) is 2.44. The smallest absolute Gasteiger partial charge is 0.394 e. The summed E-state index contributed by atoms with van der Waals surface area (Å²) in [6.45, 7) is 3.67. The summed E-state index contributed by atoms with van der Waals surface area (Å²) in [6, 6.07) is 14.3. The highest BCUT2D eigenvalue weighted by atomic mass is 35.7. The number of para-hydroxylation sites is 2. The number of phosphoric ester groups is 1. The Morgan fingerprint density at radius 2 is 1.33 bits per heavy atom. The van der Waals surface area contributed by atoms with Gasteiger partial charge in [0, 0.05) is 0 Å². The second-order valence-corrected chi connectivity index (χ2v) is 6.66. The number of rotatable bonds is 6. The van der Waals surface area contributed by atoms with Crippen LogP contribution in [-0.4, -0.2) is 0 Å². The Kier molecular flexibility index (Phi) is 5.59. The molecule has 0 radical (unpaired) electrons. The molecule has 0 saturated heterocycles. The van der Waals surface area contributed by atoms with E-state index in [-0.39, 0.29) is 0 Å². The van der Waals surface area contributed by atoms with E-state index in [1.807, 2.05) is 38.1 Å². The standard InChI is InChI=1S/C14H14ClO4PS/c1-11-7-3-5-9-13(11)17-20(16,19-21-15)18-14-10-6-4-8-12(14)2/h3-10H,1-2H3. The maximum atomic E-state index is 12.7. The van der Waals surface area contributed by atoms with Crippen LogP contribution in [0.4, 0.5) is 0 Å². The van der Waals surface area contributed by atoms with Crippen LogP contribution in [0.25, 0.3) is 0 Å². The van der Waals surface area contributed by atoms with Crippen molar-refractivity contribution in [2.45, 2.75) is 13.8 Å². The molecule has 0 fully saturated rings. The molecule has 2 aromatic rings. The highest BCUT2D eigenvalue weighted by Gasteiger charge is 2.32. The van der Waals surface area contributed by atoms with Crippen LogP contribution < -0.4 is 9.05 Å². The monoisotopic (exact) mass is 344 g/mol. The molecule has 21 heavy (non-hydrogen) atoms. The molecule has 0 unspecified atom stereocenters. The van der Waals surface area contributed by atoms with Crippen LogP contribution in [-0.2, 0) is 8.54 Å². The van der Waals surface area contributed by atoms with E-state index in [0.717, 1.165) is 11.1 Å². The van der Waals surface area contributed by atoms with Gasteiger partial charge in [0.1, 0.15) is 22.8 Å². The number of benzene rings is 2. The number of aryl methyl sites for hydroxylation is 2. The summed E-state index contributed by atoms with van der Waals surface area (Å²) in [5.41, 5.74) is 1.63. The molecule has 0 amide bonds. The van der Waals surface area contributed by atoms with E-state index in [1.165, 1.54) is 0 Å². The summed E-state index contributed by atoms with van der Waals surface area (Å²) in [6.07, 6.45) is 0. The lowest BCUT2D eigenvalue weighted by Gasteiger charge is -2.18. The van der Waals surface area contributed by atoms with Crippen molar-refractivity contribution < 1.29 is 17.6 Å². The van der Waals surface area contributed by atoms with Gasteiger partial charge in [0.2, 0.25) is 0 Å². The van der Waals surface area contributed by atoms with E-state index in [4.69, 9.17) is 23.7 Å². The van der Waals surface area contributed by atoms with E-state index in [1.54, 1.807) is 24.3 Å². The van der Waals surface area contributed by atoms with Crippen molar-refractivity contribution in [1.29, 1.82) is 0 Å². The van der Waals surface area contributed by atoms with E-state index < -0.39 is 7.82 Å². The van der Waals surface area contributed by atoms with Gasteiger partial charge in [0.25, 0.3) is 0 Å². The topological polar surface area (TPSA) is 44.8 Å². The van der Waals surface area contributed by atoms with Gasteiger partial charge in [0.05, 0.1) is 0 Å². The lowest BCUT2D eigenvalue weighted by Crippen LogP contribution is -2.03. The van der Waals surface area contributed by atoms with Crippen molar-refractivity contribution in [3.05, 3.63) is 59.7 Å². The third-order valence-corrected chi connectivity index (χ3v) is 5.03. The minimum absolute atomic E-state index is 0.417. The molecule has 7 heteroatoms. The highest BCUT2D eigenvalue weighted by molar-refractivity contribution is 8.19. The van der Waals surface area contributed by atoms with E-state index in [2.05, 4.69) is 0 Å². The fraction of sp³-hybridized carbons (Fsp3) is 0.143. The number of hydrogen-bond acceptors (Lipinski definition) is 5. The van der Waals surface area contributed by atoms with Gasteiger partial charge in [-0.3, -0.25) is 0 Å². The molecule has 0 bridgehead atoms. The fourth-order valence-corrected chi connectivity index (χ4v) is 3.71. The molecule has 0 atom stereocenters. The molecule has 0 N–H and O–H groups in total.